The smallest absolute Gasteiger partial charge is 0.361 e. The summed E-state index contributed by atoms with van der Waals surface area (Å²) in [5, 5.41) is 38.3. The molecule has 1 aliphatic heterocycles. The van der Waals surface area contributed by atoms with Gasteiger partial charge in [0.15, 0.2) is 0 Å². The van der Waals surface area contributed by atoms with Gasteiger partial charge in [-0.25, -0.2) is 38.7 Å². The first-order valence-electron chi connectivity index (χ1n) is 7.24. The first kappa shape index (κ1) is 21.7. The van der Waals surface area contributed by atoms with E-state index in [1.54, 1.807) is 0 Å². The number of carbonyl (C=O) groups is 4. The lowest BCUT2D eigenvalue weighted by atomic mass is 9.94. The van der Waals surface area contributed by atoms with Gasteiger partial charge in [0.05, 0.1) is 19.4 Å². The van der Waals surface area contributed by atoms with Gasteiger partial charge in [0.25, 0.3) is 0 Å². The Labute approximate surface area is 145 Å². The number of aliphatic hydroxyl groups is 4. The third-order valence-corrected chi connectivity index (χ3v) is 3.09. The maximum absolute atomic E-state index is 11.5. The van der Waals surface area contributed by atoms with Crippen LogP contribution in [0.3, 0.4) is 0 Å². The van der Waals surface area contributed by atoms with Gasteiger partial charge in [0.2, 0.25) is 5.79 Å². The molecule has 1 fully saturated rings. The quantitative estimate of drug-likeness (QED) is 0.277. The highest BCUT2D eigenvalue weighted by Gasteiger charge is 2.50. The summed E-state index contributed by atoms with van der Waals surface area (Å²) < 4.78 is 4.71. The fourth-order valence-electron chi connectivity index (χ4n) is 1.77. The molecule has 1 unspecified atom stereocenters. The van der Waals surface area contributed by atoms with Crippen LogP contribution < -0.4 is 0 Å². The molecule has 26 heavy (non-hydrogen) atoms. The maximum Gasteiger partial charge on any atom is 0.361 e. The fourth-order valence-corrected chi connectivity index (χ4v) is 1.77. The third kappa shape index (κ3) is 6.53. The summed E-state index contributed by atoms with van der Waals surface area (Å²) in [7, 11) is 0. The summed E-state index contributed by atoms with van der Waals surface area (Å²) in [6.45, 7) is 0.424. The van der Waals surface area contributed by atoms with E-state index in [-0.39, 0.29) is 0 Å². The first-order chi connectivity index (χ1) is 12.0. The van der Waals surface area contributed by atoms with Crippen molar-refractivity contribution in [3.8, 4) is 0 Å². The van der Waals surface area contributed by atoms with Crippen molar-refractivity contribution in [3.05, 3.63) is 0 Å². The Kier molecular flexibility index (Phi) is 7.85. The van der Waals surface area contributed by atoms with E-state index in [0.717, 1.165) is 6.92 Å². The van der Waals surface area contributed by atoms with Crippen molar-refractivity contribution in [3.63, 3.8) is 0 Å². The van der Waals surface area contributed by atoms with E-state index in [2.05, 4.69) is 19.6 Å². The van der Waals surface area contributed by atoms with Crippen LogP contribution in [0.15, 0.2) is 0 Å². The zero-order valence-corrected chi connectivity index (χ0v) is 13.5. The molecule has 0 aromatic carbocycles. The van der Waals surface area contributed by atoms with Crippen LogP contribution in [0, 0.1) is 0 Å². The highest BCUT2D eigenvalue weighted by molar-refractivity contribution is 5.78. The Bertz CT molecular complexity index is 546. The summed E-state index contributed by atoms with van der Waals surface area (Å²) >= 11 is 0. The van der Waals surface area contributed by atoms with E-state index >= 15 is 0 Å². The summed E-state index contributed by atoms with van der Waals surface area (Å²) in [6, 6.07) is 0. The summed E-state index contributed by atoms with van der Waals surface area (Å²) in [5.74, 6) is -6.99. The van der Waals surface area contributed by atoms with Crippen LogP contribution in [0.1, 0.15) is 26.2 Å². The molecule has 0 aromatic heterocycles. The third-order valence-electron chi connectivity index (χ3n) is 3.09. The molecule has 4 atom stereocenters. The maximum atomic E-state index is 11.5. The fraction of sp³-hybridized carbons (Fsp3) is 0.692. The molecule has 1 heterocycles. The van der Waals surface area contributed by atoms with Crippen molar-refractivity contribution < 1.29 is 63.9 Å². The molecule has 13 heteroatoms. The average Bonchev–Trinajstić information content (AvgIpc) is 2.58. The van der Waals surface area contributed by atoms with Crippen molar-refractivity contribution in [2.45, 2.75) is 50.3 Å². The Morgan fingerprint density at radius 1 is 0.962 bits per heavy atom. The van der Waals surface area contributed by atoms with Crippen molar-refractivity contribution in [1.82, 2.24) is 0 Å². The van der Waals surface area contributed by atoms with E-state index in [9.17, 15) is 39.6 Å². The topological polar surface area (TPSA) is 195 Å². The van der Waals surface area contributed by atoms with E-state index in [0.29, 0.717) is 0 Å². The lowest BCUT2D eigenvalue weighted by Gasteiger charge is -2.40. The minimum absolute atomic E-state index is 0.542. The zero-order chi connectivity index (χ0) is 19.9. The van der Waals surface area contributed by atoms with E-state index in [1.807, 2.05) is 0 Å². The van der Waals surface area contributed by atoms with Crippen LogP contribution in [0.5, 0.6) is 0 Å². The summed E-state index contributed by atoms with van der Waals surface area (Å²) in [4.78, 5) is 60.4. The van der Waals surface area contributed by atoms with E-state index in [4.69, 9.17) is 4.74 Å². The molecule has 0 spiro atoms. The molecule has 1 saturated heterocycles. The SMILES string of the molecule is CC(=O)OOC(=O)CCC(=O)OOC(=O)CC1(O)OC[C@@H](O)[C@H](O)[C@H]1O. The predicted molar refractivity (Wildman–Crippen MR) is 72.8 cm³/mol. The van der Waals surface area contributed by atoms with Crippen LogP contribution in [0.25, 0.3) is 0 Å². The lowest BCUT2D eigenvalue weighted by Crippen LogP contribution is -2.61. The summed E-state index contributed by atoms with van der Waals surface area (Å²) in [6.07, 6.45) is -7.41. The monoisotopic (exact) mass is 382 g/mol. The predicted octanol–water partition coefficient (Wildman–Crippen LogP) is -3.02. The molecule has 148 valence electrons. The molecule has 0 aliphatic carbocycles. The summed E-state index contributed by atoms with van der Waals surface area (Å²) in [5.41, 5.74) is 0. The first-order valence-corrected chi connectivity index (χ1v) is 7.24. The van der Waals surface area contributed by atoms with Gasteiger partial charge in [-0.2, -0.15) is 0 Å². The molecule has 0 radical (unpaired) electrons. The Morgan fingerprint density at radius 3 is 2.00 bits per heavy atom. The van der Waals surface area contributed by atoms with Crippen molar-refractivity contribution in [2.75, 3.05) is 6.61 Å². The molecule has 0 amide bonds. The van der Waals surface area contributed by atoms with Crippen molar-refractivity contribution >= 4 is 23.9 Å². The van der Waals surface area contributed by atoms with Crippen LogP contribution in [0.2, 0.25) is 0 Å². The number of rotatable bonds is 5. The average molecular weight is 382 g/mol. The van der Waals surface area contributed by atoms with Gasteiger partial charge >= 0.3 is 23.9 Å². The molecule has 1 rings (SSSR count). The normalized spacial score (nSPS) is 28.0. The van der Waals surface area contributed by atoms with Gasteiger partial charge in [0.1, 0.15) is 24.7 Å². The number of aliphatic hydroxyl groups excluding tert-OH is 3. The second kappa shape index (κ2) is 9.40. The van der Waals surface area contributed by atoms with Gasteiger partial charge in [-0.3, -0.25) is 0 Å². The molecule has 13 nitrogen and oxygen atoms in total. The molecule has 1 aliphatic rings. The molecular weight excluding hydrogens is 364 g/mol. The van der Waals surface area contributed by atoms with Gasteiger partial charge in [0, 0.05) is 6.92 Å². The van der Waals surface area contributed by atoms with Gasteiger partial charge < -0.3 is 25.2 Å². The van der Waals surface area contributed by atoms with Crippen molar-refractivity contribution in [2.24, 2.45) is 0 Å². The molecule has 0 saturated carbocycles. The second-order valence-corrected chi connectivity index (χ2v) is 5.28. The van der Waals surface area contributed by atoms with Crippen LogP contribution in [-0.2, 0) is 43.5 Å². The second-order valence-electron chi connectivity index (χ2n) is 5.28. The highest BCUT2D eigenvalue weighted by atomic mass is 17.2. The minimum Gasteiger partial charge on any atom is -0.388 e. The van der Waals surface area contributed by atoms with Gasteiger partial charge in [-0.1, -0.05) is 0 Å². The highest BCUT2D eigenvalue weighted by Crippen LogP contribution is 2.27. The van der Waals surface area contributed by atoms with Crippen LogP contribution in [0.4, 0.5) is 0 Å². The van der Waals surface area contributed by atoms with Crippen LogP contribution >= 0.6 is 0 Å². The lowest BCUT2D eigenvalue weighted by molar-refractivity contribution is -0.327. The van der Waals surface area contributed by atoms with E-state index in [1.165, 1.54) is 0 Å². The largest absolute Gasteiger partial charge is 0.388 e. The number of carbonyl (C=O) groups excluding carboxylic acids is 4. The van der Waals surface area contributed by atoms with E-state index < -0.39 is 73.8 Å². The molecule has 0 aromatic rings. The number of hydrogen-bond donors (Lipinski definition) is 4. The Morgan fingerprint density at radius 2 is 1.46 bits per heavy atom. The molecule has 4 N–H and O–H groups in total. The molecular formula is C13H18O13. The molecule has 0 bridgehead atoms. The zero-order valence-electron chi connectivity index (χ0n) is 13.5. The Hall–Kier alpha value is -2.32. The minimum atomic E-state index is -2.56. The number of ether oxygens (including phenoxy) is 1. The van der Waals surface area contributed by atoms with Gasteiger partial charge in [-0.15, -0.1) is 0 Å². The van der Waals surface area contributed by atoms with Crippen molar-refractivity contribution in [1.29, 1.82) is 0 Å². The van der Waals surface area contributed by atoms with Crippen LogP contribution in [-0.4, -0.2) is 75.0 Å². The Balaban J connectivity index is 2.34. The standard InChI is InChI=1S/C13H18O13/c1-6(14)23-24-8(16)2-3-9(17)25-26-10(18)4-13(21)12(20)11(19)7(15)5-22-13/h7,11-12,15,19-21H,2-5H2,1H3/t7-,11+,12-,13?/m1/s1. The number of hydrogen-bond acceptors (Lipinski definition) is 13. The van der Waals surface area contributed by atoms with Gasteiger partial charge in [-0.05, 0) is 0 Å².